The van der Waals surface area contributed by atoms with Gasteiger partial charge in [-0.25, -0.2) is 0 Å². The minimum Gasteiger partial charge on any atom is -0.493 e. The van der Waals surface area contributed by atoms with Crippen molar-refractivity contribution in [1.29, 1.82) is 0 Å². The topological polar surface area (TPSA) is 77.0 Å². The zero-order valence-electron chi connectivity index (χ0n) is 17.6. The van der Waals surface area contributed by atoms with Crippen LogP contribution in [-0.4, -0.2) is 43.5 Å². The molecular formula is C23H31NO5. The lowest BCUT2D eigenvalue weighted by Crippen LogP contribution is -2.39. The average molecular weight is 402 g/mol. The molecule has 0 aliphatic carbocycles. The summed E-state index contributed by atoms with van der Waals surface area (Å²) in [6.07, 6.45) is 0.389. The summed E-state index contributed by atoms with van der Waals surface area (Å²) in [5.74, 6) is 1.52. The van der Waals surface area contributed by atoms with E-state index in [0.29, 0.717) is 30.2 Å². The van der Waals surface area contributed by atoms with Crippen molar-refractivity contribution in [2.45, 2.75) is 45.8 Å². The van der Waals surface area contributed by atoms with Gasteiger partial charge in [0.25, 0.3) is 5.91 Å². The van der Waals surface area contributed by atoms with Crippen molar-refractivity contribution in [2.24, 2.45) is 0 Å². The third kappa shape index (κ3) is 7.31. The van der Waals surface area contributed by atoms with Gasteiger partial charge in [0.05, 0.1) is 13.2 Å². The molecule has 2 N–H and O–H groups in total. The van der Waals surface area contributed by atoms with Gasteiger partial charge in [-0.15, -0.1) is 0 Å². The van der Waals surface area contributed by atoms with Crippen molar-refractivity contribution < 1.29 is 24.1 Å². The number of methoxy groups -OCH3 is 1. The number of hydrogen-bond acceptors (Lipinski definition) is 5. The third-order valence-corrected chi connectivity index (χ3v) is 4.35. The predicted octanol–water partition coefficient (Wildman–Crippen LogP) is 3.14. The standard InChI is InChI=1S/C23H31NO5/c1-5-17-6-9-19(10-7-17)28-15-20(25)23(26)24-13-12-18-8-11-21(29-16(2)3)22(14-18)27-4/h6-11,14,16,20,25H,5,12-13,15H2,1-4H3,(H,24,26). The van der Waals surface area contributed by atoms with Gasteiger partial charge in [0.15, 0.2) is 17.6 Å². The van der Waals surface area contributed by atoms with Crippen molar-refractivity contribution in [3.63, 3.8) is 0 Å². The fourth-order valence-electron chi connectivity index (χ4n) is 2.74. The number of rotatable bonds is 11. The van der Waals surface area contributed by atoms with E-state index in [-0.39, 0.29) is 12.7 Å². The van der Waals surface area contributed by atoms with Gasteiger partial charge in [-0.2, -0.15) is 0 Å². The molecule has 0 saturated carbocycles. The van der Waals surface area contributed by atoms with Crippen LogP contribution >= 0.6 is 0 Å². The molecule has 2 aromatic carbocycles. The first-order valence-corrected chi connectivity index (χ1v) is 9.94. The molecule has 0 bridgehead atoms. The third-order valence-electron chi connectivity index (χ3n) is 4.35. The Balaban J connectivity index is 1.77. The van der Waals surface area contributed by atoms with Crippen LogP contribution in [0.15, 0.2) is 42.5 Å². The Bertz CT molecular complexity index is 773. The normalized spacial score (nSPS) is 11.8. The first kappa shape index (κ1) is 22.6. The lowest BCUT2D eigenvalue weighted by Gasteiger charge is -2.15. The quantitative estimate of drug-likeness (QED) is 0.605. The highest BCUT2D eigenvalue weighted by Crippen LogP contribution is 2.29. The molecule has 0 aromatic heterocycles. The van der Waals surface area contributed by atoms with Crippen LogP contribution in [0.25, 0.3) is 0 Å². The van der Waals surface area contributed by atoms with Crippen LogP contribution in [0.2, 0.25) is 0 Å². The van der Waals surface area contributed by atoms with E-state index in [1.54, 1.807) is 7.11 Å². The molecule has 0 spiro atoms. The van der Waals surface area contributed by atoms with Gasteiger partial charge in [0.1, 0.15) is 12.4 Å². The molecule has 6 nitrogen and oxygen atoms in total. The van der Waals surface area contributed by atoms with E-state index in [4.69, 9.17) is 14.2 Å². The number of amides is 1. The van der Waals surface area contributed by atoms with Crippen LogP contribution in [0.5, 0.6) is 17.2 Å². The van der Waals surface area contributed by atoms with Crippen LogP contribution in [-0.2, 0) is 17.6 Å². The van der Waals surface area contributed by atoms with Gasteiger partial charge in [-0.1, -0.05) is 25.1 Å². The van der Waals surface area contributed by atoms with Crippen LogP contribution in [0, 0.1) is 0 Å². The van der Waals surface area contributed by atoms with E-state index >= 15 is 0 Å². The molecule has 1 atom stereocenters. The van der Waals surface area contributed by atoms with Gasteiger partial charge >= 0.3 is 0 Å². The summed E-state index contributed by atoms with van der Waals surface area (Å²) in [6.45, 7) is 6.30. The number of aryl methyl sites for hydroxylation is 1. The summed E-state index contributed by atoms with van der Waals surface area (Å²) in [4.78, 5) is 12.1. The van der Waals surface area contributed by atoms with Gasteiger partial charge in [0, 0.05) is 6.54 Å². The second-order valence-corrected chi connectivity index (χ2v) is 7.02. The Kier molecular flexibility index (Phi) is 8.80. The number of carbonyl (C=O) groups excluding carboxylic acids is 1. The van der Waals surface area contributed by atoms with Gasteiger partial charge in [0.2, 0.25) is 0 Å². The molecule has 0 aliphatic heterocycles. The number of ether oxygens (including phenoxy) is 3. The SMILES string of the molecule is CCc1ccc(OCC(O)C(=O)NCCc2ccc(OC(C)C)c(OC)c2)cc1. The van der Waals surface area contributed by atoms with Crippen molar-refractivity contribution >= 4 is 5.91 Å². The maximum atomic E-state index is 12.1. The maximum absolute atomic E-state index is 12.1. The van der Waals surface area contributed by atoms with Gasteiger partial charge in [-0.05, 0) is 62.1 Å². The molecule has 0 aliphatic rings. The first-order chi connectivity index (χ1) is 13.9. The Hall–Kier alpha value is -2.73. The molecular weight excluding hydrogens is 370 g/mol. The van der Waals surface area contributed by atoms with E-state index in [9.17, 15) is 9.90 Å². The highest BCUT2D eigenvalue weighted by molar-refractivity contribution is 5.80. The van der Waals surface area contributed by atoms with Crippen LogP contribution in [0.3, 0.4) is 0 Å². The fraction of sp³-hybridized carbons (Fsp3) is 0.435. The largest absolute Gasteiger partial charge is 0.493 e. The summed E-state index contributed by atoms with van der Waals surface area (Å²) in [6, 6.07) is 13.3. The molecule has 0 fully saturated rings. The van der Waals surface area contributed by atoms with Crippen molar-refractivity contribution in [3.8, 4) is 17.2 Å². The summed E-state index contributed by atoms with van der Waals surface area (Å²) in [5.41, 5.74) is 2.20. The van der Waals surface area contributed by atoms with E-state index < -0.39 is 12.0 Å². The lowest BCUT2D eigenvalue weighted by molar-refractivity contribution is -0.130. The molecule has 6 heteroatoms. The number of benzene rings is 2. The Morgan fingerprint density at radius 1 is 1.07 bits per heavy atom. The van der Waals surface area contributed by atoms with Gasteiger partial charge < -0.3 is 24.6 Å². The van der Waals surface area contributed by atoms with Crippen molar-refractivity contribution in [2.75, 3.05) is 20.3 Å². The smallest absolute Gasteiger partial charge is 0.252 e. The Labute approximate surface area is 172 Å². The Morgan fingerprint density at radius 3 is 2.38 bits per heavy atom. The molecule has 0 radical (unpaired) electrons. The van der Waals surface area contributed by atoms with Crippen LogP contribution < -0.4 is 19.5 Å². The molecule has 2 aromatic rings. The number of hydrogen-bond donors (Lipinski definition) is 2. The molecule has 1 amide bonds. The predicted molar refractivity (Wildman–Crippen MR) is 113 cm³/mol. The Morgan fingerprint density at radius 2 is 1.76 bits per heavy atom. The van der Waals surface area contributed by atoms with E-state index in [1.807, 2.05) is 56.3 Å². The van der Waals surface area contributed by atoms with E-state index in [0.717, 1.165) is 12.0 Å². The molecule has 0 saturated heterocycles. The van der Waals surface area contributed by atoms with Crippen LogP contribution in [0.1, 0.15) is 31.9 Å². The van der Waals surface area contributed by atoms with Crippen LogP contribution in [0.4, 0.5) is 0 Å². The molecule has 158 valence electrons. The number of nitrogens with one attached hydrogen (secondary N) is 1. The lowest BCUT2D eigenvalue weighted by atomic mass is 10.1. The summed E-state index contributed by atoms with van der Waals surface area (Å²) in [7, 11) is 1.60. The molecule has 0 heterocycles. The number of carbonyl (C=O) groups is 1. The molecule has 1 unspecified atom stereocenters. The number of aliphatic hydroxyl groups is 1. The second-order valence-electron chi connectivity index (χ2n) is 7.02. The van der Waals surface area contributed by atoms with Crippen molar-refractivity contribution in [1.82, 2.24) is 5.32 Å². The number of aliphatic hydroxyl groups excluding tert-OH is 1. The van der Waals surface area contributed by atoms with E-state index in [2.05, 4.69) is 12.2 Å². The highest BCUT2D eigenvalue weighted by atomic mass is 16.5. The first-order valence-electron chi connectivity index (χ1n) is 9.94. The maximum Gasteiger partial charge on any atom is 0.252 e. The summed E-state index contributed by atoms with van der Waals surface area (Å²) in [5, 5.41) is 12.7. The zero-order chi connectivity index (χ0) is 21.2. The summed E-state index contributed by atoms with van der Waals surface area (Å²) < 4.78 is 16.6. The molecule has 2 rings (SSSR count). The zero-order valence-corrected chi connectivity index (χ0v) is 17.6. The summed E-state index contributed by atoms with van der Waals surface area (Å²) >= 11 is 0. The monoisotopic (exact) mass is 401 g/mol. The van der Waals surface area contributed by atoms with Gasteiger partial charge in [-0.3, -0.25) is 4.79 Å². The average Bonchev–Trinajstić information content (AvgIpc) is 2.72. The van der Waals surface area contributed by atoms with E-state index in [1.165, 1.54) is 5.56 Å². The molecule has 29 heavy (non-hydrogen) atoms. The highest BCUT2D eigenvalue weighted by Gasteiger charge is 2.15. The minimum absolute atomic E-state index is 0.0577. The minimum atomic E-state index is -1.22. The fourth-order valence-corrected chi connectivity index (χ4v) is 2.74. The second kappa shape index (κ2) is 11.3. The van der Waals surface area contributed by atoms with Crippen molar-refractivity contribution in [3.05, 3.63) is 53.6 Å².